The molecule has 2 aromatic rings. The van der Waals surface area contributed by atoms with Crippen LogP contribution in [0, 0.1) is 5.82 Å². The van der Waals surface area contributed by atoms with Gasteiger partial charge < -0.3 is 4.90 Å². The van der Waals surface area contributed by atoms with E-state index >= 15 is 0 Å². The van der Waals surface area contributed by atoms with Gasteiger partial charge in [-0.1, -0.05) is 0 Å². The fraction of sp³-hybridized carbons (Fsp3) is 0.438. The number of fused-ring (bicyclic) bond motifs is 1. The maximum absolute atomic E-state index is 13.4. The van der Waals surface area contributed by atoms with Crippen molar-refractivity contribution in [3.05, 3.63) is 39.6 Å². The molecule has 0 radical (unpaired) electrons. The van der Waals surface area contributed by atoms with E-state index in [9.17, 15) is 9.18 Å². The molecular formula is C16H18FNOS. The van der Waals surface area contributed by atoms with Crippen LogP contribution in [0.3, 0.4) is 0 Å². The van der Waals surface area contributed by atoms with Crippen molar-refractivity contribution in [1.29, 1.82) is 0 Å². The summed E-state index contributed by atoms with van der Waals surface area (Å²) in [5, 5.41) is 2.43. The molecule has 0 bridgehead atoms. The van der Waals surface area contributed by atoms with E-state index in [1.165, 1.54) is 29.9 Å². The molecule has 4 heteroatoms. The standard InChI is InChI=1S/C16H18FNOS/c1-10-4-3-5-11(2)18(10)14-9-20-15-7-6-12(17)8-13(15)16(14)19/h6-11H,3-5H2,1-2H3/t10-,11-/m1/s1. The lowest BCUT2D eigenvalue weighted by atomic mass is 9.97. The molecule has 20 heavy (non-hydrogen) atoms. The summed E-state index contributed by atoms with van der Waals surface area (Å²) in [7, 11) is 0. The van der Waals surface area contributed by atoms with Gasteiger partial charge in [0.1, 0.15) is 5.82 Å². The summed E-state index contributed by atoms with van der Waals surface area (Å²) in [5.74, 6) is -0.348. The van der Waals surface area contributed by atoms with E-state index in [-0.39, 0.29) is 11.2 Å². The van der Waals surface area contributed by atoms with Gasteiger partial charge in [-0.3, -0.25) is 4.79 Å². The average Bonchev–Trinajstić information content (AvgIpc) is 2.41. The Balaban J connectivity index is 2.16. The zero-order valence-electron chi connectivity index (χ0n) is 11.7. The second-order valence-corrected chi connectivity index (χ2v) is 6.54. The highest BCUT2D eigenvalue weighted by Crippen LogP contribution is 2.30. The van der Waals surface area contributed by atoms with Gasteiger partial charge in [0.15, 0.2) is 0 Å². The van der Waals surface area contributed by atoms with Crippen LogP contribution < -0.4 is 10.3 Å². The number of nitrogens with zero attached hydrogens (tertiary/aromatic N) is 1. The Labute approximate surface area is 121 Å². The summed E-state index contributed by atoms with van der Waals surface area (Å²) in [6.07, 6.45) is 3.42. The van der Waals surface area contributed by atoms with Gasteiger partial charge in [-0.05, 0) is 51.3 Å². The SMILES string of the molecule is C[C@@H]1CCC[C@@H](C)N1c1csc2ccc(F)cc2c1=O. The first-order valence-corrected chi connectivity index (χ1v) is 7.95. The number of anilines is 1. The van der Waals surface area contributed by atoms with Gasteiger partial charge in [-0.15, -0.1) is 11.3 Å². The van der Waals surface area contributed by atoms with Gasteiger partial charge in [-0.25, -0.2) is 4.39 Å². The number of halogens is 1. The summed E-state index contributed by atoms with van der Waals surface area (Å²) < 4.78 is 14.2. The minimum Gasteiger partial charge on any atom is -0.362 e. The second-order valence-electron chi connectivity index (χ2n) is 5.63. The molecular weight excluding hydrogens is 273 g/mol. The van der Waals surface area contributed by atoms with Crippen LogP contribution >= 0.6 is 11.3 Å². The molecule has 0 unspecified atom stereocenters. The number of hydrogen-bond acceptors (Lipinski definition) is 3. The normalized spacial score (nSPS) is 23.2. The van der Waals surface area contributed by atoms with Gasteiger partial charge in [0, 0.05) is 27.5 Å². The van der Waals surface area contributed by atoms with Crippen molar-refractivity contribution < 1.29 is 4.39 Å². The Hall–Kier alpha value is -1.42. The second kappa shape index (κ2) is 5.17. The van der Waals surface area contributed by atoms with Gasteiger partial charge in [0.25, 0.3) is 0 Å². The molecule has 1 aromatic heterocycles. The molecule has 106 valence electrons. The van der Waals surface area contributed by atoms with E-state index in [4.69, 9.17) is 0 Å². The van der Waals surface area contributed by atoms with E-state index in [2.05, 4.69) is 18.7 Å². The molecule has 0 N–H and O–H groups in total. The largest absolute Gasteiger partial charge is 0.362 e. The van der Waals surface area contributed by atoms with Gasteiger partial charge >= 0.3 is 0 Å². The number of hydrogen-bond donors (Lipinski definition) is 0. The van der Waals surface area contributed by atoms with Crippen molar-refractivity contribution in [2.24, 2.45) is 0 Å². The first-order chi connectivity index (χ1) is 9.58. The van der Waals surface area contributed by atoms with E-state index < -0.39 is 0 Å². The van der Waals surface area contributed by atoms with Crippen molar-refractivity contribution in [3.8, 4) is 0 Å². The summed E-state index contributed by atoms with van der Waals surface area (Å²) in [6, 6.07) is 5.18. The van der Waals surface area contributed by atoms with Crippen LogP contribution in [0.5, 0.6) is 0 Å². The third-order valence-corrected chi connectivity index (χ3v) is 5.14. The summed E-state index contributed by atoms with van der Waals surface area (Å²) in [6.45, 7) is 4.32. The van der Waals surface area contributed by atoms with Crippen LogP contribution in [0.15, 0.2) is 28.4 Å². The number of piperidine rings is 1. The van der Waals surface area contributed by atoms with E-state index in [1.807, 2.05) is 5.38 Å². The molecule has 1 saturated heterocycles. The Morgan fingerprint density at radius 2 is 1.95 bits per heavy atom. The van der Waals surface area contributed by atoms with Crippen LogP contribution in [0.25, 0.3) is 10.1 Å². The number of rotatable bonds is 1. The molecule has 2 heterocycles. The molecule has 0 saturated carbocycles. The molecule has 0 aliphatic carbocycles. The van der Waals surface area contributed by atoms with Gasteiger partial charge in [-0.2, -0.15) is 0 Å². The highest BCUT2D eigenvalue weighted by molar-refractivity contribution is 7.16. The Kier molecular flexibility index (Phi) is 3.50. The summed E-state index contributed by atoms with van der Waals surface area (Å²) >= 11 is 1.52. The molecule has 0 amide bonds. The van der Waals surface area contributed by atoms with Crippen molar-refractivity contribution in [3.63, 3.8) is 0 Å². The summed E-state index contributed by atoms with van der Waals surface area (Å²) in [5.41, 5.74) is 0.687. The highest BCUT2D eigenvalue weighted by Gasteiger charge is 2.27. The van der Waals surface area contributed by atoms with Gasteiger partial charge in [0.05, 0.1) is 5.69 Å². The molecule has 3 rings (SSSR count). The van der Waals surface area contributed by atoms with Crippen molar-refractivity contribution in [2.45, 2.75) is 45.2 Å². The van der Waals surface area contributed by atoms with Crippen molar-refractivity contribution in [1.82, 2.24) is 0 Å². The Morgan fingerprint density at radius 1 is 1.25 bits per heavy atom. The van der Waals surface area contributed by atoms with Crippen LogP contribution in [0.1, 0.15) is 33.1 Å². The van der Waals surface area contributed by atoms with Crippen molar-refractivity contribution >= 4 is 27.1 Å². The monoisotopic (exact) mass is 291 g/mol. The average molecular weight is 291 g/mol. The van der Waals surface area contributed by atoms with Crippen molar-refractivity contribution in [2.75, 3.05) is 4.90 Å². The van der Waals surface area contributed by atoms with E-state index in [1.54, 1.807) is 6.07 Å². The quantitative estimate of drug-likeness (QED) is 0.786. The minimum atomic E-state index is -0.348. The molecule has 2 atom stereocenters. The molecule has 1 aromatic carbocycles. The summed E-state index contributed by atoms with van der Waals surface area (Å²) in [4.78, 5) is 14.9. The first kappa shape index (κ1) is 13.6. The molecule has 1 aliphatic heterocycles. The Bertz CT molecular complexity index is 686. The lowest BCUT2D eigenvalue weighted by Crippen LogP contribution is -2.45. The third-order valence-electron chi connectivity index (χ3n) is 4.19. The van der Waals surface area contributed by atoms with Gasteiger partial charge in [0.2, 0.25) is 5.43 Å². The molecule has 2 nitrogen and oxygen atoms in total. The topological polar surface area (TPSA) is 20.3 Å². The first-order valence-electron chi connectivity index (χ1n) is 7.07. The fourth-order valence-corrected chi connectivity index (χ4v) is 4.06. The predicted octanol–water partition coefficient (Wildman–Crippen LogP) is 4.17. The smallest absolute Gasteiger partial charge is 0.211 e. The molecule has 1 aliphatic rings. The zero-order valence-corrected chi connectivity index (χ0v) is 12.5. The third kappa shape index (κ3) is 2.22. The Morgan fingerprint density at radius 3 is 2.65 bits per heavy atom. The maximum atomic E-state index is 13.4. The van der Waals surface area contributed by atoms with E-state index in [0.29, 0.717) is 17.5 Å². The lowest BCUT2D eigenvalue weighted by molar-refractivity contribution is 0.414. The van der Waals surface area contributed by atoms with Crippen LogP contribution in [0.2, 0.25) is 0 Å². The van der Waals surface area contributed by atoms with Crippen LogP contribution in [-0.4, -0.2) is 12.1 Å². The number of benzene rings is 1. The zero-order chi connectivity index (χ0) is 14.3. The fourth-order valence-electron chi connectivity index (χ4n) is 3.17. The highest BCUT2D eigenvalue weighted by atomic mass is 32.1. The van der Waals surface area contributed by atoms with Crippen LogP contribution in [0.4, 0.5) is 10.1 Å². The minimum absolute atomic E-state index is 0.0427. The van der Waals surface area contributed by atoms with Crippen LogP contribution in [-0.2, 0) is 0 Å². The maximum Gasteiger partial charge on any atom is 0.211 e. The van der Waals surface area contributed by atoms with E-state index in [0.717, 1.165) is 23.2 Å². The molecule has 0 spiro atoms. The lowest BCUT2D eigenvalue weighted by Gasteiger charge is -2.40. The predicted molar refractivity (Wildman–Crippen MR) is 83.3 cm³/mol. The molecule has 1 fully saturated rings.